The van der Waals surface area contributed by atoms with Gasteiger partial charge in [0.2, 0.25) is 0 Å². The van der Waals surface area contributed by atoms with E-state index in [4.69, 9.17) is 5.41 Å². The predicted octanol–water partition coefficient (Wildman–Crippen LogP) is 10.2. The quantitative estimate of drug-likeness (QED) is 0.365. The highest BCUT2D eigenvalue weighted by atomic mass is 14.4. The summed E-state index contributed by atoms with van der Waals surface area (Å²) >= 11 is 0. The molecule has 3 rings (SSSR count). The third-order valence-corrected chi connectivity index (χ3v) is 6.06. The Labute approximate surface area is 196 Å². The Kier molecular flexibility index (Phi) is 22.0. The third kappa shape index (κ3) is 14.1. The van der Waals surface area contributed by atoms with Gasteiger partial charge < -0.3 is 5.41 Å². The van der Waals surface area contributed by atoms with Gasteiger partial charge in [0.05, 0.1) is 0 Å². The summed E-state index contributed by atoms with van der Waals surface area (Å²) in [5.74, 6) is 2.36. The van der Waals surface area contributed by atoms with Crippen LogP contribution in [0.3, 0.4) is 0 Å². The summed E-state index contributed by atoms with van der Waals surface area (Å²) in [7, 11) is 0. The first-order valence-electron chi connectivity index (χ1n) is 12.9. The second-order valence-corrected chi connectivity index (χ2v) is 8.10. The lowest BCUT2D eigenvalue weighted by molar-refractivity contribution is 0.437. The van der Waals surface area contributed by atoms with Gasteiger partial charge in [-0.2, -0.15) is 0 Å². The van der Waals surface area contributed by atoms with E-state index in [1.54, 1.807) is 17.7 Å². The highest BCUT2D eigenvalue weighted by molar-refractivity contribution is 5.81. The Hall–Kier alpha value is -1.63. The van der Waals surface area contributed by atoms with Gasteiger partial charge in [0.1, 0.15) is 0 Å². The summed E-state index contributed by atoms with van der Waals surface area (Å²) in [5.41, 5.74) is 3.92. The van der Waals surface area contributed by atoms with Crippen LogP contribution in [0.2, 0.25) is 0 Å². The van der Waals surface area contributed by atoms with Crippen molar-refractivity contribution in [2.45, 2.75) is 112 Å². The highest BCUT2D eigenvalue weighted by Gasteiger charge is 2.24. The normalized spacial score (nSPS) is 19.5. The zero-order valence-corrected chi connectivity index (χ0v) is 22.0. The number of nitrogens with one attached hydrogen (secondary N) is 1. The van der Waals surface area contributed by atoms with E-state index in [9.17, 15) is 0 Å². The predicted molar refractivity (Wildman–Crippen MR) is 145 cm³/mol. The lowest BCUT2D eigenvalue weighted by Gasteiger charge is -2.19. The lowest BCUT2D eigenvalue weighted by Crippen LogP contribution is -2.13. The van der Waals surface area contributed by atoms with E-state index < -0.39 is 0 Å². The fourth-order valence-electron chi connectivity index (χ4n) is 4.18. The molecule has 2 atom stereocenters. The fraction of sp³-hybridized carbons (Fsp3) is 0.633. The van der Waals surface area contributed by atoms with Crippen LogP contribution in [-0.4, -0.2) is 5.71 Å². The highest BCUT2D eigenvalue weighted by Crippen LogP contribution is 2.39. The van der Waals surface area contributed by atoms with Gasteiger partial charge in [-0.3, -0.25) is 0 Å². The average molecular weight is 428 g/mol. The van der Waals surface area contributed by atoms with E-state index in [0.29, 0.717) is 5.92 Å². The molecular formula is C30H53N. The molecular weight excluding hydrogens is 374 g/mol. The van der Waals surface area contributed by atoms with Crippen molar-refractivity contribution in [1.29, 1.82) is 5.41 Å². The summed E-state index contributed by atoms with van der Waals surface area (Å²) < 4.78 is 0. The minimum Gasteiger partial charge on any atom is -0.310 e. The van der Waals surface area contributed by atoms with Crippen molar-refractivity contribution in [2.75, 3.05) is 0 Å². The molecule has 0 amide bonds. The van der Waals surface area contributed by atoms with Gasteiger partial charge >= 0.3 is 0 Å². The number of allylic oxidation sites excluding steroid dienone is 2. The zero-order valence-electron chi connectivity index (χ0n) is 22.0. The van der Waals surface area contributed by atoms with E-state index >= 15 is 0 Å². The molecule has 1 aromatic rings. The summed E-state index contributed by atoms with van der Waals surface area (Å²) in [4.78, 5) is 0. The van der Waals surface area contributed by atoms with Crippen molar-refractivity contribution in [1.82, 2.24) is 0 Å². The van der Waals surface area contributed by atoms with Crippen molar-refractivity contribution in [3.05, 3.63) is 60.7 Å². The second kappa shape index (κ2) is 21.6. The summed E-state index contributed by atoms with van der Waals surface area (Å²) in [6, 6.07) is 9.26. The Morgan fingerprint density at radius 3 is 1.71 bits per heavy atom. The zero-order chi connectivity index (χ0) is 24.1. The van der Waals surface area contributed by atoms with Crippen molar-refractivity contribution in [3.63, 3.8) is 0 Å². The smallest absolute Gasteiger partial charge is 0.00891 e. The average Bonchev–Trinajstić information content (AvgIpc) is 3.28. The van der Waals surface area contributed by atoms with Crippen molar-refractivity contribution in [3.8, 4) is 0 Å². The topological polar surface area (TPSA) is 23.9 Å². The van der Waals surface area contributed by atoms with E-state index in [2.05, 4.69) is 51.3 Å². The molecule has 0 radical (unpaired) electrons. The van der Waals surface area contributed by atoms with Crippen LogP contribution in [0.15, 0.2) is 49.6 Å². The molecule has 2 fully saturated rings. The summed E-state index contributed by atoms with van der Waals surface area (Å²) in [5, 5.41) is 7.39. The standard InChI is InChI=1S/C14H20.C8H15N.C4H6.2C2H6/c1-3-12-7-9-13(10-8-12)14-6-4-5-11(14)2;1-7(9)8-5-3-2-4-6-8;1-3-4-2;2*1-2/h7-11,14H,3-6H2,1-2H3;8-9H,2-6H2,1H3;3-4H,1-2H2;2*1-2H3/t11-,14?;;;;/m0..../s1. The summed E-state index contributed by atoms with van der Waals surface area (Å²) in [6.45, 7) is 21.3. The molecule has 0 aliphatic heterocycles. The molecule has 2 aliphatic carbocycles. The summed E-state index contributed by atoms with van der Waals surface area (Å²) in [6.07, 6.45) is 15.3. The Morgan fingerprint density at radius 1 is 0.871 bits per heavy atom. The molecule has 2 aliphatic rings. The number of hydrogen-bond acceptors (Lipinski definition) is 1. The van der Waals surface area contributed by atoms with Gasteiger partial charge in [0, 0.05) is 5.71 Å². The molecule has 0 aromatic heterocycles. The largest absolute Gasteiger partial charge is 0.310 e. The van der Waals surface area contributed by atoms with E-state index in [1.807, 2.05) is 34.6 Å². The van der Waals surface area contributed by atoms with Crippen LogP contribution >= 0.6 is 0 Å². The van der Waals surface area contributed by atoms with E-state index in [1.165, 1.54) is 56.9 Å². The van der Waals surface area contributed by atoms with Crippen LogP contribution in [0.5, 0.6) is 0 Å². The molecule has 1 N–H and O–H groups in total. The van der Waals surface area contributed by atoms with Gasteiger partial charge in [-0.15, -0.1) is 0 Å². The monoisotopic (exact) mass is 427 g/mol. The minimum absolute atomic E-state index is 0.638. The number of rotatable bonds is 4. The first-order valence-corrected chi connectivity index (χ1v) is 12.9. The van der Waals surface area contributed by atoms with Crippen molar-refractivity contribution < 1.29 is 0 Å². The lowest BCUT2D eigenvalue weighted by atomic mass is 9.86. The van der Waals surface area contributed by atoms with Crippen LogP contribution in [-0.2, 0) is 6.42 Å². The minimum atomic E-state index is 0.638. The molecule has 1 nitrogen and oxygen atoms in total. The molecule has 0 heterocycles. The van der Waals surface area contributed by atoms with Crippen LogP contribution in [0.4, 0.5) is 0 Å². The Bertz CT molecular complexity index is 542. The van der Waals surface area contributed by atoms with Gasteiger partial charge in [-0.1, -0.05) is 123 Å². The van der Waals surface area contributed by atoms with Crippen molar-refractivity contribution >= 4 is 5.71 Å². The van der Waals surface area contributed by atoms with E-state index in [0.717, 1.165) is 24.0 Å². The van der Waals surface area contributed by atoms with Gasteiger partial charge in [0.25, 0.3) is 0 Å². The first-order chi connectivity index (χ1) is 15.0. The third-order valence-electron chi connectivity index (χ3n) is 6.06. The molecule has 1 unspecified atom stereocenters. The van der Waals surface area contributed by atoms with Crippen molar-refractivity contribution in [2.24, 2.45) is 11.8 Å². The van der Waals surface area contributed by atoms with Crippen LogP contribution in [0.1, 0.15) is 117 Å². The Morgan fingerprint density at radius 2 is 1.39 bits per heavy atom. The maximum Gasteiger partial charge on any atom is 0.00891 e. The Balaban J connectivity index is 0. The van der Waals surface area contributed by atoms with Crippen LogP contribution < -0.4 is 0 Å². The first kappa shape index (κ1) is 31.6. The van der Waals surface area contributed by atoms with E-state index in [-0.39, 0.29) is 0 Å². The molecule has 1 aromatic carbocycles. The molecule has 31 heavy (non-hydrogen) atoms. The van der Waals surface area contributed by atoms with Gasteiger partial charge in [-0.25, -0.2) is 0 Å². The van der Waals surface area contributed by atoms with Crippen LogP contribution in [0, 0.1) is 17.2 Å². The number of aryl methyl sites for hydroxylation is 1. The molecule has 0 spiro atoms. The molecule has 1 heteroatoms. The molecule has 178 valence electrons. The van der Waals surface area contributed by atoms with Gasteiger partial charge in [-0.05, 0) is 61.5 Å². The molecule has 0 bridgehead atoms. The second-order valence-electron chi connectivity index (χ2n) is 8.10. The number of hydrogen-bond donors (Lipinski definition) is 1. The van der Waals surface area contributed by atoms with Gasteiger partial charge in [0.15, 0.2) is 0 Å². The fourth-order valence-corrected chi connectivity index (χ4v) is 4.18. The SMILES string of the molecule is C=CC=C.CC.CC.CC(=N)C1CCCCC1.CCc1ccc(C2CCC[C@@H]2C)cc1. The van der Waals surface area contributed by atoms with Crippen LogP contribution in [0.25, 0.3) is 0 Å². The molecule has 2 saturated carbocycles. The number of benzene rings is 1. The maximum absolute atomic E-state index is 7.39. The maximum atomic E-state index is 7.39. The molecule has 0 saturated heterocycles.